The number of hydrogen-bond donors (Lipinski definition) is 1. The number of hydrogen-bond acceptors (Lipinski definition) is 2. The molecular formula is C3H7NOSe. The number of nitrogens with two attached hydrogens (primary N) is 1. The molecule has 0 aliphatic rings. The Hall–Kier alpha value is 0.149. The predicted molar refractivity (Wildman–Crippen MR) is 26.0 cm³/mol. The van der Waals surface area contributed by atoms with Crippen molar-refractivity contribution in [2.45, 2.75) is 11.4 Å². The molecule has 0 aromatic heterocycles. The molecule has 0 saturated carbocycles. The zero-order valence-electron chi connectivity index (χ0n) is 3.29. The summed E-state index contributed by atoms with van der Waals surface area (Å²) >= 11 is 2.26. The maximum atomic E-state index is 9.60. The van der Waals surface area contributed by atoms with Gasteiger partial charge in [-0.2, -0.15) is 0 Å². The molecule has 36 valence electrons. The van der Waals surface area contributed by atoms with E-state index >= 15 is 0 Å². The third kappa shape index (κ3) is 2.39. The minimum absolute atomic E-state index is 0.273. The SMILES string of the molecule is N[C@H](C=O)C[SeH]. The number of carbonyl (C=O) groups is 1. The second-order valence-corrected chi connectivity index (χ2v) is 1.75. The summed E-state index contributed by atoms with van der Waals surface area (Å²) in [5, 5.41) is 0.677. The molecule has 0 heterocycles. The molecule has 0 rings (SSSR count). The standard InChI is InChI=1S/C3H7NOSe/c4-3(1-5)2-6/h1,3,6H,2,4H2/t3-/m1/s1. The summed E-state index contributed by atoms with van der Waals surface area (Å²) in [6.45, 7) is 0. The molecule has 0 amide bonds. The van der Waals surface area contributed by atoms with Gasteiger partial charge in [0.1, 0.15) is 0 Å². The van der Waals surface area contributed by atoms with Crippen LogP contribution >= 0.6 is 0 Å². The molecule has 3 heteroatoms. The molecule has 0 fully saturated rings. The van der Waals surface area contributed by atoms with Crippen molar-refractivity contribution in [1.82, 2.24) is 0 Å². The summed E-state index contributed by atoms with van der Waals surface area (Å²) in [4.78, 5) is 9.60. The van der Waals surface area contributed by atoms with Crippen LogP contribution in [0.25, 0.3) is 0 Å². The van der Waals surface area contributed by atoms with Gasteiger partial charge in [-0.25, -0.2) is 0 Å². The monoisotopic (exact) mass is 153 g/mol. The van der Waals surface area contributed by atoms with Crippen molar-refractivity contribution in [3.8, 4) is 0 Å². The van der Waals surface area contributed by atoms with Crippen LogP contribution < -0.4 is 5.73 Å². The third-order valence-electron chi connectivity index (χ3n) is 0.386. The average molecular weight is 152 g/mol. The molecule has 0 aliphatic carbocycles. The van der Waals surface area contributed by atoms with E-state index < -0.39 is 0 Å². The summed E-state index contributed by atoms with van der Waals surface area (Å²) in [7, 11) is 0. The van der Waals surface area contributed by atoms with Gasteiger partial charge in [-0.05, 0) is 0 Å². The summed E-state index contributed by atoms with van der Waals surface area (Å²) in [6, 6.07) is -0.273. The van der Waals surface area contributed by atoms with Gasteiger partial charge in [0.15, 0.2) is 0 Å². The van der Waals surface area contributed by atoms with Crippen molar-refractivity contribution in [3.63, 3.8) is 0 Å². The fraction of sp³-hybridized carbons (Fsp3) is 0.667. The van der Waals surface area contributed by atoms with Crippen LogP contribution in [0.3, 0.4) is 0 Å². The van der Waals surface area contributed by atoms with Crippen LogP contribution in [0, 0.1) is 0 Å². The molecule has 0 unspecified atom stereocenters. The van der Waals surface area contributed by atoms with E-state index in [-0.39, 0.29) is 6.04 Å². The van der Waals surface area contributed by atoms with E-state index in [1.54, 1.807) is 0 Å². The average Bonchev–Trinajstić information content (AvgIpc) is 1.65. The Morgan fingerprint density at radius 3 is 2.50 bits per heavy atom. The summed E-state index contributed by atoms with van der Waals surface area (Å²) in [5.41, 5.74) is 5.09. The Kier molecular flexibility index (Phi) is 3.43. The van der Waals surface area contributed by atoms with Gasteiger partial charge >= 0.3 is 44.2 Å². The van der Waals surface area contributed by atoms with Gasteiger partial charge in [0.05, 0.1) is 0 Å². The quantitative estimate of drug-likeness (QED) is 0.400. The first-order valence-electron chi connectivity index (χ1n) is 1.63. The first-order chi connectivity index (χ1) is 2.81. The Morgan fingerprint density at radius 2 is 2.50 bits per heavy atom. The molecule has 0 spiro atoms. The van der Waals surface area contributed by atoms with Gasteiger partial charge in [-0.1, -0.05) is 0 Å². The zero-order valence-corrected chi connectivity index (χ0v) is 5.17. The zero-order chi connectivity index (χ0) is 4.99. The minimum atomic E-state index is -0.273. The van der Waals surface area contributed by atoms with E-state index in [9.17, 15) is 4.79 Å². The van der Waals surface area contributed by atoms with Crippen LogP contribution in [-0.2, 0) is 4.79 Å². The van der Waals surface area contributed by atoms with E-state index in [0.717, 1.165) is 6.29 Å². The van der Waals surface area contributed by atoms with Crippen LogP contribution in [0.5, 0.6) is 0 Å². The Balaban J connectivity index is 2.96. The van der Waals surface area contributed by atoms with E-state index in [2.05, 4.69) is 16.0 Å². The first kappa shape index (κ1) is 6.15. The van der Waals surface area contributed by atoms with Crippen molar-refractivity contribution in [2.24, 2.45) is 5.73 Å². The Morgan fingerprint density at radius 1 is 2.00 bits per heavy atom. The Labute approximate surface area is 44.9 Å². The number of rotatable bonds is 2. The molecule has 0 aliphatic heterocycles. The molecule has 0 bridgehead atoms. The second-order valence-electron chi connectivity index (χ2n) is 0.983. The molecule has 6 heavy (non-hydrogen) atoms. The molecule has 0 saturated heterocycles. The van der Waals surface area contributed by atoms with E-state index in [1.165, 1.54) is 0 Å². The number of carbonyl (C=O) groups excluding carboxylic acids is 1. The summed E-state index contributed by atoms with van der Waals surface area (Å²) in [6.07, 6.45) is 0.734. The summed E-state index contributed by atoms with van der Waals surface area (Å²) in [5.74, 6) is 0. The third-order valence-corrected chi connectivity index (χ3v) is 1.27. The molecule has 2 nitrogen and oxygen atoms in total. The van der Waals surface area contributed by atoms with Crippen molar-refractivity contribution >= 4 is 22.3 Å². The van der Waals surface area contributed by atoms with E-state index in [4.69, 9.17) is 5.73 Å². The van der Waals surface area contributed by atoms with Crippen molar-refractivity contribution in [1.29, 1.82) is 0 Å². The van der Waals surface area contributed by atoms with Crippen molar-refractivity contribution in [2.75, 3.05) is 0 Å². The molecule has 0 aromatic carbocycles. The number of aldehydes is 1. The fourth-order valence-electron chi connectivity index (χ4n) is 0.0430. The summed E-state index contributed by atoms with van der Waals surface area (Å²) < 4.78 is 0. The predicted octanol–water partition coefficient (Wildman–Crippen LogP) is -1.17. The van der Waals surface area contributed by atoms with Crippen molar-refractivity contribution < 1.29 is 4.79 Å². The van der Waals surface area contributed by atoms with Crippen LogP contribution in [0.1, 0.15) is 0 Å². The van der Waals surface area contributed by atoms with Gasteiger partial charge in [0.25, 0.3) is 0 Å². The van der Waals surface area contributed by atoms with Crippen LogP contribution in [0.4, 0.5) is 0 Å². The molecule has 0 radical (unpaired) electrons. The van der Waals surface area contributed by atoms with Gasteiger partial charge in [0.2, 0.25) is 0 Å². The molecule has 2 N–H and O–H groups in total. The first-order valence-corrected chi connectivity index (χ1v) is 2.95. The van der Waals surface area contributed by atoms with Crippen LogP contribution in [0.15, 0.2) is 0 Å². The topological polar surface area (TPSA) is 43.1 Å². The Bertz CT molecular complexity index is 48.1. The normalized spacial score (nSPS) is 13.7. The van der Waals surface area contributed by atoms with Gasteiger partial charge in [0, 0.05) is 0 Å². The fourth-order valence-corrected chi connectivity index (χ4v) is 0.224. The van der Waals surface area contributed by atoms with Crippen LogP contribution in [0.2, 0.25) is 5.32 Å². The van der Waals surface area contributed by atoms with E-state index in [0.29, 0.717) is 5.32 Å². The van der Waals surface area contributed by atoms with Crippen molar-refractivity contribution in [3.05, 3.63) is 0 Å². The molecular weight excluding hydrogens is 145 g/mol. The van der Waals surface area contributed by atoms with Gasteiger partial charge in [-0.15, -0.1) is 0 Å². The van der Waals surface area contributed by atoms with Gasteiger partial charge in [-0.3, -0.25) is 0 Å². The van der Waals surface area contributed by atoms with E-state index in [1.807, 2.05) is 0 Å². The van der Waals surface area contributed by atoms with Gasteiger partial charge < -0.3 is 0 Å². The second kappa shape index (κ2) is 3.34. The molecule has 1 atom stereocenters. The molecule has 0 aromatic rings. The van der Waals surface area contributed by atoms with Crippen LogP contribution in [-0.4, -0.2) is 28.3 Å². The maximum absolute atomic E-state index is 9.60.